The first-order chi connectivity index (χ1) is 19.0. The molecular weight excluding hydrogens is 540 g/mol. The van der Waals surface area contributed by atoms with Gasteiger partial charge in [-0.25, -0.2) is 9.69 Å². The van der Waals surface area contributed by atoms with Gasteiger partial charge in [0, 0.05) is 12.8 Å². The van der Waals surface area contributed by atoms with Gasteiger partial charge in [-0.05, 0) is 0 Å². The fourth-order valence-corrected chi connectivity index (χ4v) is 4.53. The lowest BCUT2D eigenvalue weighted by atomic mass is 10.2. The number of aliphatic hydroxyl groups is 4. The smallest absolute Gasteiger partial charge is 0.352 e. The number of aliphatic hydroxyl groups excluding tert-OH is 4. The highest BCUT2D eigenvalue weighted by molar-refractivity contribution is 6.72. The standard InChI is InChI=1S/C10H13N5O5.C10H11N5O5/c2*11-9-13-7-6(8(18)14-9)12-10(19)15(7)5-1-3(17)4(2-16)20-5/h3-5,16-17H,1-2H2,(H,12,19)(H3,11,13,14,18);3-5,16-17H,1-2H2,(H2,11,14,18)/t2*3-,4+,5+/m00/s1. The number of nitrogens with one attached hydrogen (secondary N) is 1. The number of H-pyrrole nitrogens is 1. The summed E-state index contributed by atoms with van der Waals surface area (Å²) in [5.41, 5.74) is 10.0. The molecule has 4 aliphatic heterocycles. The summed E-state index contributed by atoms with van der Waals surface area (Å²) in [6, 6.07) is -1.22. The normalized spacial score (nSPS) is 29.7. The van der Waals surface area contributed by atoms with Gasteiger partial charge in [-0.3, -0.25) is 19.1 Å². The van der Waals surface area contributed by atoms with E-state index in [0.29, 0.717) is 0 Å². The Morgan fingerprint density at radius 3 is 2.17 bits per heavy atom. The Balaban J connectivity index is 0.000000161. The second-order valence-electron chi connectivity index (χ2n) is 8.96. The quantitative estimate of drug-likeness (QED) is 0.174. The van der Waals surface area contributed by atoms with Gasteiger partial charge in [0.2, 0.25) is 11.9 Å². The van der Waals surface area contributed by atoms with E-state index in [1.807, 2.05) is 0 Å². The number of nitrogens with two attached hydrogens (primary N) is 2. The van der Waals surface area contributed by atoms with Crippen LogP contribution in [-0.2, 0) is 14.3 Å². The molecule has 6 heterocycles. The highest BCUT2D eigenvalue weighted by Gasteiger charge is 2.46. The number of rotatable bonds is 4. The largest absolute Gasteiger partial charge is 0.480 e. The van der Waals surface area contributed by atoms with Crippen molar-refractivity contribution in [1.82, 2.24) is 24.4 Å². The molecule has 6 atom stereocenters. The number of guanidine groups is 1. The van der Waals surface area contributed by atoms with Crippen LogP contribution >= 0.6 is 0 Å². The zero-order valence-corrected chi connectivity index (χ0v) is 20.4. The van der Waals surface area contributed by atoms with Gasteiger partial charge < -0.3 is 46.5 Å². The predicted molar refractivity (Wildman–Crippen MR) is 131 cm³/mol. The minimum absolute atomic E-state index is 0.0386. The summed E-state index contributed by atoms with van der Waals surface area (Å²) in [7, 11) is 0. The molecule has 0 saturated carbocycles. The molecule has 0 spiro atoms. The maximum atomic E-state index is 11.9. The molecule has 0 unspecified atom stereocenters. The molecule has 2 saturated heterocycles. The summed E-state index contributed by atoms with van der Waals surface area (Å²) in [4.78, 5) is 56.8. The molecule has 2 fully saturated rings. The maximum Gasteiger partial charge on any atom is 0.352 e. The Bertz CT molecular complexity index is 1520. The number of imidazole rings is 1. The van der Waals surface area contributed by atoms with Crippen molar-refractivity contribution < 1.29 is 44.6 Å². The van der Waals surface area contributed by atoms with Gasteiger partial charge in [0.25, 0.3) is 11.6 Å². The summed E-state index contributed by atoms with van der Waals surface area (Å²) in [5, 5.41) is 47.4. The Hall–Kier alpha value is -4.34. The summed E-state index contributed by atoms with van der Waals surface area (Å²) in [6.07, 6.45) is -4.84. The molecular formula is C20H24N10O10. The van der Waals surface area contributed by atoms with E-state index >= 15 is 0 Å². The average Bonchev–Trinajstić information content (AvgIpc) is 3.62. The molecule has 6 rings (SSSR count). The number of aliphatic imine (C=N–C) groups is 3. The number of urea groups is 1. The second kappa shape index (κ2) is 10.3. The topological polar surface area (TPSA) is 310 Å². The van der Waals surface area contributed by atoms with Crippen LogP contribution in [0.15, 0.2) is 19.8 Å². The molecule has 0 radical (unpaired) electrons. The van der Waals surface area contributed by atoms with E-state index in [2.05, 4.69) is 29.9 Å². The molecule has 214 valence electrons. The first kappa shape index (κ1) is 27.2. The first-order valence-corrected chi connectivity index (χ1v) is 11.8. The zero-order chi connectivity index (χ0) is 28.9. The Morgan fingerprint density at radius 1 is 0.925 bits per heavy atom. The van der Waals surface area contributed by atoms with E-state index in [1.165, 1.54) is 4.57 Å². The minimum atomic E-state index is -0.923. The predicted octanol–water partition coefficient (Wildman–Crippen LogP) is -4.37. The molecule has 4 aliphatic rings. The summed E-state index contributed by atoms with van der Waals surface area (Å²) < 4.78 is 11.9. The number of aromatic nitrogens is 4. The van der Waals surface area contributed by atoms with Crippen LogP contribution in [0, 0.1) is 0 Å². The molecule has 20 nitrogen and oxygen atoms in total. The van der Waals surface area contributed by atoms with E-state index in [0.717, 1.165) is 4.90 Å². The maximum absolute atomic E-state index is 11.9. The number of aromatic hydroxyl groups is 1. The van der Waals surface area contributed by atoms with Crippen LogP contribution in [0.4, 0.5) is 10.7 Å². The van der Waals surface area contributed by atoms with Gasteiger partial charge in [0.15, 0.2) is 22.7 Å². The van der Waals surface area contributed by atoms with E-state index in [4.69, 9.17) is 31.2 Å². The summed E-state index contributed by atoms with van der Waals surface area (Å²) in [6.45, 7) is -0.746. The summed E-state index contributed by atoms with van der Waals surface area (Å²) >= 11 is 0. The lowest BCUT2D eigenvalue weighted by Gasteiger charge is -2.23. The van der Waals surface area contributed by atoms with Crippen molar-refractivity contribution in [1.29, 1.82) is 0 Å². The van der Waals surface area contributed by atoms with Gasteiger partial charge >= 0.3 is 11.9 Å². The lowest BCUT2D eigenvalue weighted by Crippen LogP contribution is -2.45. The molecule has 2 aromatic heterocycles. The van der Waals surface area contributed by atoms with Gasteiger partial charge in [-0.15, -0.1) is 0 Å². The van der Waals surface area contributed by atoms with Crippen LogP contribution in [-0.4, -0.2) is 123 Å². The Kier molecular flexibility index (Phi) is 7.03. The number of carbonyl (C=O) groups is 2. The van der Waals surface area contributed by atoms with Crippen molar-refractivity contribution in [3.05, 3.63) is 10.4 Å². The molecule has 40 heavy (non-hydrogen) atoms. The highest BCUT2D eigenvalue weighted by atomic mass is 16.6. The van der Waals surface area contributed by atoms with Crippen molar-refractivity contribution in [3.8, 4) is 6.01 Å². The van der Waals surface area contributed by atoms with Crippen LogP contribution in [0.1, 0.15) is 19.1 Å². The van der Waals surface area contributed by atoms with Gasteiger partial charge in [-0.2, -0.15) is 24.9 Å². The monoisotopic (exact) mass is 564 g/mol. The first-order valence-electron chi connectivity index (χ1n) is 11.8. The average molecular weight is 564 g/mol. The fraction of sp³-hybridized carbons (Fsp3) is 0.500. The van der Waals surface area contributed by atoms with E-state index in [1.54, 1.807) is 0 Å². The number of nitrogen functional groups attached to an aromatic ring is 1. The van der Waals surface area contributed by atoms with Crippen molar-refractivity contribution in [3.63, 3.8) is 0 Å². The number of fused-ring (bicyclic) bond motifs is 2. The third-order valence-electron chi connectivity index (χ3n) is 6.39. The fourth-order valence-electron chi connectivity index (χ4n) is 4.53. The van der Waals surface area contributed by atoms with Crippen LogP contribution in [0.2, 0.25) is 0 Å². The van der Waals surface area contributed by atoms with Crippen LogP contribution < -0.4 is 17.0 Å². The zero-order valence-electron chi connectivity index (χ0n) is 20.4. The third-order valence-corrected chi connectivity index (χ3v) is 6.39. The van der Waals surface area contributed by atoms with Crippen LogP contribution in [0.3, 0.4) is 0 Å². The Morgan fingerprint density at radius 2 is 1.55 bits per heavy atom. The van der Waals surface area contributed by atoms with E-state index in [-0.39, 0.29) is 60.7 Å². The number of hydrogen-bond acceptors (Lipinski definition) is 15. The van der Waals surface area contributed by atoms with E-state index in [9.17, 15) is 29.7 Å². The van der Waals surface area contributed by atoms with Crippen LogP contribution in [0.5, 0.6) is 6.01 Å². The molecule has 20 heteroatoms. The number of nitrogens with zero attached hydrogens (tertiary/aromatic N) is 7. The molecule has 3 amide bonds. The van der Waals surface area contributed by atoms with Crippen LogP contribution in [0.25, 0.3) is 11.2 Å². The number of amides is 3. The number of amidine groups is 1. The summed E-state index contributed by atoms with van der Waals surface area (Å²) in [5.74, 6) is -1.19. The van der Waals surface area contributed by atoms with Crippen molar-refractivity contribution in [2.24, 2.45) is 20.7 Å². The molecule has 0 aromatic carbocycles. The van der Waals surface area contributed by atoms with Gasteiger partial charge in [0.05, 0.1) is 25.4 Å². The number of carbonyl (C=O) groups excluding carboxylic acids is 2. The third kappa shape index (κ3) is 4.67. The van der Waals surface area contributed by atoms with Crippen molar-refractivity contribution in [2.75, 3.05) is 18.9 Å². The number of anilines is 1. The highest BCUT2D eigenvalue weighted by Crippen LogP contribution is 2.33. The SMILES string of the molecule is NC1=NC(=O)C2=NC(=O)N([C@H]3C[C@H](O)[C@@H](CO)O3)C2=N1.Nc1nc2c(nc(O)n2[C@H]2C[C@H](O)[C@@H](CO)O2)c(=O)[nH]1. The molecule has 0 aliphatic carbocycles. The minimum Gasteiger partial charge on any atom is -0.480 e. The van der Waals surface area contributed by atoms with Gasteiger partial charge in [-0.1, -0.05) is 0 Å². The number of hydrogen-bond donors (Lipinski definition) is 8. The lowest BCUT2D eigenvalue weighted by molar-refractivity contribution is -0.111. The Labute approximate surface area is 221 Å². The number of ether oxygens (including phenoxy) is 2. The second-order valence-corrected chi connectivity index (χ2v) is 8.96. The van der Waals surface area contributed by atoms with Gasteiger partial charge in [0.1, 0.15) is 24.7 Å². The molecule has 0 bridgehead atoms. The molecule has 2 aromatic rings. The molecule has 10 N–H and O–H groups in total. The van der Waals surface area contributed by atoms with Crippen molar-refractivity contribution in [2.45, 2.75) is 49.7 Å². The number of aromatic amines is 1. The van der Waals surface area contributed by atoms with Crippen molar-refractivity contribution >= 4 is 46.6 Å². The van der Waals surface area contributed by atoms with E-state index < -0.39 is 60.4 Å².